The Morgan fingerprint density at radius 2 is 1.96 bits per heavy atom. The third kappa shape index (κ3) is 4.79. The highest BCUT2D eigenvalue weighted by Crippen LogP contribution is 2.32. The van der Waals surface area contributed by atoms with Crippen molar-refractivity contribution < 1.29 is 9.18 Å². The predicted molar refractivity (Wildman–Crippen MR) is 96.2 cm³/mol. The summed E-state index contributed by atoms with van der Waals surface area (Å²) >= 11 is 0. The minimum atomic E-state index is -0.235. The first-order valence-electron chi connectivity index (χ1n) is 9.11. The van der Waals surface area contributed by atoms with Gasteiger partial charge in [-0.1, -0.05) is 39.8 Å². The van der Waals surface area contributed by atoms with Crippen LogP contribution in [0.5, 0.6) is 0 Å². The van der Waals surface area contributed by atoms with E-state index in [-0.39, 0.29) is 23.2 Å². The molecule has 1 aromatic carbocycles. The lowest BCUT2D eigenvalue weighted by molar-refractivity contribution is -0.134. The van der Waals surface area contributed by atoms with Crippen LogP contribution in [0.25, 0.3) is 0 Å². The van der Waals surface area contributed by atoms with Crippen molar-refractivity contribution in [1.82, 2.24) is 10.2 Å². The molecular weight excluding hydrogens is 303 g/mol. The second-order valence-electron chi connectivity index (χ2n) is 7.88. The van der Waals surface area contributed by atoms with Gasteiger partial charge in [-0.2, -0.15) is 0 Å². The van der Waals surface area contributed by atoms with E-state index in [0.29, 0.717) is 12.6 Å². The summed E-state index contributed by atoms with van der Waals surface area (Å²) in [5.41, 5.74) is 0.951. The van der Waals surface area contributed by atoms with Gasteiger partial charge < -0.3 is 10.2 Å². The van der Waals surface area contributed by atoms with E-state index in [1.807, 2.05) is 4.90 Å². The maximum Gasteiger partial charge on any atom is 0.236 e. The van der Waals surface area contributed by atoms with Crippen molar-refractivity contribution in [2.24, 2.45) is 5.41 Å². The normalized spacial score (nSPS) is 20.0. The lowest BCUT2D eigenvalue weighted by Crippen LogP contribution is -2.48. The Morgan fingerprint density at radius 1 is 1.29 bits per heavy atom. The van der Waals surface area contributed by atoms with Gasteiger partial charge in [0.25, 0.3) is 0 Å². The molecule has 2 rings (SSSR count). The molecule has 2 unspecified atom stereocenters. The number of likely N-dealkylation sites (tertiary alicyclic amines) is 1. The van der Waals surface area contributed by atoms with Crippen LogP contribution >= 0.6 is 0 Å². The largest absolute Gasteiger partial charge is 0.339 e. The Balaban J connectivity index is 2.05. The fraction of sp³-hybridized carbons (Fsp3) is 0.650. The number of halogens is 1. The molecule has 1 heterocycles. The van der Waals surface area contributed by atoms with Gasteiger partial charge in [-0.3, -0.25) is 4.79 Å². The summed E-state index contributed by atoms with van der Waals surface area (Å²) in [6.07, 6.45) is 4.45. The zero-order valence-corrected chi connectivity index (χ0v) is 15.4. The van der Waals surface area contributed by atoms with Crippen LogP contribution in [0.3, 0.4) is 0 Å². The van der Waals surface area contributed by atoms with Crippen molar-refractivity contribution in [2.45, 2.75) is 65.5 Å². The molecule has 1 aromatic rings. The Morgan fingerprint density at radius 3 is 2.54 bits per heavy atom. The molecule has 1 amide bonds. The molecule has 0 radical (unpaired) electrons. The number of hydrogen-bond donors (Lipinski definition) is 1. The van der Waals surface area contributed by atoms with Crippen molar-refractivity contribution in [3.8, 4) is 0 Å². The molecule has 1 N–H and O–H groups in total. The summed E-state index contributed by atoms with van der Waals surface area (Å²) in [6, 6.07) is 6.96. The second-order valence-corrected chi connectivity index (χ2v) is 7.88. The van der Waals surface area contributed by atoms with E-state index < -0.39 is 0 Å². The van der Waals surface area contributed by atoms with Crippen molar-refractivity contribution >= 4 is 5.91 Å². The minimum absolute atomic E-state index is 0.00640. The molecule has 24 heavy (non-hydrogen) atoms. The summed E-state index contributed by atoms with van der Waals surface area (Å²) in [5.74, 6) is -0.0560. The first kappa shape index (κ1) is 18.9. The second kappa shape index (κ2) is 8.11. The Kier molecular flexibility index (Phi) is 6.39. The van der Waals surface area contributed by atoms with E-state index in [1.54, 1.807) is 12.1 Å². The first-order valence-corrected chi connectivity index (χ1v) is 9.11. The van der Waals surface area contributed by atoms with E-state index in [9.17, 15) is 9.18 Å². The number of carbonyl (C=O) groups is 1. The third-order valence-corrected chi connectivity index (χ3v) is 4.95. The number of hydrogen-bond acceptors (Lipinski definition) is 2. The molecule has 0 aromatic heterocycles. The molecule has 1 aliphatic heterocycles. The molecule has 134 valence electrons. The average molecular weight is 334 g/mol. The van der Waals surface area contributed by atoms with Crippen LogP contribution in [0.4, 0.5) is 4.39 Å². The van der Waals surface area contributed by atoms with E-state index in [1.165, 1.54) is 18.6 Å². The van der Waals surface area contributed by atoms with Gasteiger partial charge in [-0.15, -0.1) is 0 Å². The van der Waals surface area contributed by atoms with Crippen LogP contribution in [0, 0.1) is 11.2 Å². The molecule has 2 atom stereocenters. The van der Waals surface area contributed by atoms with Crippen LogP contribution in [0.2, 0.25) is 0 Å². The summed E-state index contributed by atoms with van der Waals surface area (Å²) in [6.45, 7) is 9.75. The van der Waals surface area contributed by atoms with Gasteiger partial charge in [0, 0.05) is 18.6 Å². The standard InChI is InChI=1S/C20H31FN2O/c1-5-17-8-6-7-13-23(17)18(24)14-22-19(20(2,3)4)15-9-11-16(21)12-10-15/h9-12,17,19,22H,5-8,13-14H2,1-4H3. The molecule has 1 saturated heterocycles. The summed E-state index contributed by atoms with van der Waals surface area (Å²) in [5, 5.41) is 3.42. The molecule has 0 saturated carbocycles. The minimum Gasteiger partial charge on any atom is -0.339 e. The number of nitrogens with one attached hydrogen (secondary N) is 1. The summed E-state index contributed by atoms with van der Waals surface area (Å²) in [4.78, 5) is 14.7. The number of rotatable bonds is 5. The zero-order valence-electron chi connectivity index (χ0n) is 15.4. The molecular formula is C20H31FN2O. The molecule has 3 nitrogen and oxygen atoms in total. The van der Waals surface area contributed by atoms with Gasteiger partial charge in [-0.25, -0.2) is 4.39 Å². The molecule has 1 aliphatic rings. The quantitative estimate of drug-likeness (QED) is 0.871. The SMILES string of the molecule is CCC1CCCCN1C(=O)CNC(c1ccc(F)cc1)C(C)(C)C. The van der Waals surface area contributed by atoms with Gasteiger partial charge in [0.2, 0.25) is 5.91 Å². The summed E-state index contributed by atoms with van der Waals surface area (Å²) < 4.78 is 13.2. The number of benzene rings is 1. The van der Waals surface area contributed by atoms with Crippen molar-refractivity contribution in [1.29, 1.82) is 0 Å². The average Bonchev–Trinajstić information content (AvgIpc) is 2.55. The van der Waals surface area contributed by atoms with Crippen LogP contribution in [-0.4, -0.2) is 29.9 Å². The van der Waals surface area contributed by atoms with Crippen molar-refractivity contribution in [3.05, 3.63) is 35.6 Å². The Labute approximate surface area is 145 Å². The van der Waals surface area contributed by atoms with Crippen LogP contribution < -0.4 is 5.32 Å². The maximum atomic E-state index is 13.2. The summed E-state index contributed by atoms with van der Waals surface area (Å²) in [7, 11) is 0. The molecule has 4 heteroatoms. The third-order valence-electron chi connectivity index (χ3n) is 4.95. The Hall–Kier alpha value is -1.42. The van der Waals surface area contributed by atoms with Gasteiger partial charge >= 0.3 is 0 Å². The first-order chi connectivity index (χ1) is 11.3. The highest BCUT2D eigenvalue weighted by Gasteiger charge is 2.29. The van der Waals surface area contributed by atoms with E-state index in [0.717, 1.165) is 31.4 Å². The number of piperidine rings is 1. The van der Waals surface area contributed by atoms with Crippen LogP contribution in [-0.2, 0) is 4.79 Å². The smallest absolute Gasteiger partial charge is 0.236 e. The lowest BCUT2D eigenvalue weighted by Gasteiger charge is -2.37. The maximum absolute atomic E-state index is 13.2. The molecule has 1 fully saturated rings. The van der Waals surface area contributed by atoms with Crippen molar-refractivity contribution in [2.75, 3.05) is 13.1 Å². The van der Waals surface area contributed by atoms with Gasteiger partial charge in [0.05, 0.1) is 6.54 Å². The highest BCUT2D eigenvalue weighted by atomic mass is 19.1. The topological polar surface area (TPSA) is 32.3 Å². The van der Waals surface area contributed by atoms with E-state index in [4.69, 9.17) is 0 Å². The number of nitrogens with zero attached hydrogens (tertiary/aromatic N) is 1. The molecule has 0 bridgehead atoms. The monoisotopic (exact) mass is 334 g/mol. The van der Waals surface area contributed by atoms with Crippen LogP contribution in [0.15, 0.2) is 24.3 Å². The number of amides is 1. The lowest BCUT2D eigenvalue weighted by atomic mass is 9.82. The van der Waals surface area contributed by atoms with Gasteiger partial charge in [0.1, 0.15) is 5.82 Å². The zero-order chi connectivity index (χ0) is 17.7. The predicted octanol–water partition coefficient (Wildman–Crippen LogP) is 4.29. The molecule has 0 spiro atoms. The van der Waals surface area contributed by atoms with E-state index in [2.05, 4.69) is 33.0 Å². The number of carbonyl (C=O) groups excluding carboxylic acids is 1. The van der Waals surface area contributed by atoms with Gasteiger partial charge in [-0.05, 0) is 48.8 Å². The Bertz CT molecular complexity index is 536. The fourth-order valence-electron chi connectivity index (χ4n) is 3.62. The van der Waals surface area contributed by atoms with Crippen molar-refractivity contribution in [3.63, 3.8) is 0 Å². The fourth-order valence-corrected chi connectivity index (χ4v) is 3.62. The van der Waals surface area contributed by atoms with E-state index >= 15 is 0 Å². The van der Waals surface area contributed by atoms with Gasteiger partial charge in [0.15, 0.2) is 0 Å². The van der Waals surface area contributed by atoms with Crippen LogP contribution in [0.1, 0.15) is 65.0 Å². The highest BCUT2D eigenvalue weighted by molar-refractivity contribution is 5.78. The molecule has 0 aliphatic carbocycles.